The lowest BCUT2D eigenvalue weighted by atomic mass is 10.0. The third kappa shape index (κ3) is 5.02. The summed E-state index contributed by atoms with van der Waals surface area (Å²) in [5, 5.41) is 0. The highest BCUT2D eigenvalue weighted by Crippen LogP contribution is 2.28. The molecule has 1 aliphatic rings. The van der Waals surface area contributed by atoms with Crippen LogP contribution in [0.3, 0.4) is 0 Å². The summed E-state index contributed by atoms with van der Waals surface area (Å²) in [7, 11) is 1.85. The Morgan fingerprint density at radius 3 is 2.59 bits per heavy atom. The minimum absolute atomic E-state index is 0.114. The zero-order chi connectivity index (χ0) is 12.8. The fourth-order valence-electron chi connectivity index (χ4n) is 2.48. The van der Waals surface area contributed by atoms with Gasteiger partial charge in [-0.15, -0.1) is 0 Å². The summed E-state index contributed by atoms with van der Waals surface area (Å²) in [5.74, 6) is 0.999. The van der Waals surface area contributed by atoms with Gasteiger partial charge in [0.25, 0.3) is 0 Å². The Labute approximate surface area is 110 Å². The molecule has 0 aromatic carbocycles. The molecule has 2 N–H and O–H groups in total. The monoisotopic (exact) mass is 256 g/mol. The summed E-state index contributed by atoms with van der Waals surface area (Å²) >= 11 is 4.87. The molecule has 0 heterocycles. The van der Waals surface area contributed by atoms with Gasteiger partial charge in [0.2, 0.25) is 5.91 Å². The molecule has 1 amide bonds. The standard InChI is InChI=1S/C13H24N2OS/c1-10(9-12(14)17)15(2)13(16)8-7-11-5-3-4-6-11/h10-11H,3-9H2,1-2H3,(H2,14,17). The summed E-state index contributed by atoms with van der Waals surface area (Å²) in [6.07, 6.45) is 7.62. The Kier molecular flexibility index (Phi) is 5.89. The van der Waals surface area contributed by atoms with Gasteiger partial charge in [-0.25, -0.2) is 0 Å². The van der Waals surface area contributed by atoms with E-state index in [-0.39, 0.29) is 11.9 Å². The third-order valence-electron chi connectivity index (χ3n) is 3.79. The van der Waals surface area contributed by atoms with Gasteiger partial charge in [0.15, 0.2) is 0 Å². The maximum atomic E-state index is 12.0. The van der Waals surface area contributed by atoms with Crippen LogP contribution in [0.4, 0.5) is 0 Å². The van der Waals surface area contributed by atoms with Crippen molar-refractivity contribution in [2.75, 3.05) is 7.05 Å². The molecule has 1 rings (SSSR count). The molecule has 0 saturated heterocycles. The number of nitrogens with two attached hydrogens (primary N) is 1. The average molecular weight is 256 g/mol. The van der Waals surface area contributed by atoms with E-state index in [0.717, 1.165) is 12.3 Å². The van der Waals surface area contributed by atoms with E-state index in [9.17, 15) is 4.79 Å². The van der Waals surface area contributed by atoms with Gasteiger partial charge in [0.1, 0.15) is 0 Å². The highest BCUT2D eigenvalue weighted by atomic mass is 32.1. The summed E-state index contributed by atoms with van der Waals surface area (Å²) in [6.45, 7) is 1.99. The van der Waals surface area contributed by atoms with Gasteiger partial charge in [-0.3, -0.25) is 4.79 Å². The molecule has 0 radical (unpaired) electrons. The predicted molar refractivity (Wildman–Crippen MR) is 74.8 cm³/mol. The van der Waals surface area contributed by atoms with Crippen LogP contribution in [-0.4, -0.2) is 28.9 Å². The van der Waals surface area contributed by atoms with E-state index in [0.29, 0.717) is 17.8 Å². The number of carbonyl (C=O) groups excluding carboxylic acids is 1. The molecule has 3 nitrogen and oxygen atoms in total. The van der Waals surface area contributed by atoms with E-state index in [1.165, 1.54) is 25.7 Å². The number of hydrogen-bond acceptors (Lipinski definition) is 2. The van der Waals surface area contributed by atoms with Gasteiger partial charge >= 0.3 is 0 Å². The molecule has 98 valence electrons. The molecule has 0 aromatic heterocycles. The van der Waals surface area contributed by atoms with Crippen molar-refractivity contribution in [1.29, 1.82) is 0 Å². The van der Waals surface area contributed by atoms with Crippen molar-refractivity contribution in [1.82, 2.24) is 4.90 Å². The first-order chi connectivity index (χ1) is 8.00. The molecule has 0 spiro atoms. The van der Waals surface area contributed by atoms with Crippen LogP contribution < -0.4 is 5.73 Å². The van der Waals surface area contributed by atoms with E-state index in [2.05, 4.69) is 0 Å². The molecule has 1 unspecified atom stereocenters. The first-order valence-electron chi connectivity index (χ1n) is 6.54. The number of rotatable bonds is 6. The fourth-order valence-corrected chi connectivity index (χ4v) is 2.72. The summed E-state index contributed by atoms with van der Waals surface area (Å²) in [6, 6.07) is 0.114. The Balaban J connectivity index is 2.27. The highest BCUT2D eigenvalue weighted by molar-refractivity contribution is 7.80. The topological polar surface area (TPSA) is 46.3 Å². The smallest absolute Gasteiger partial charge is 0.222 e. The Morgan fingerprint density at radius 1 is 1.47 bits per heavy atom. The van der Waals surface area contributed by atoms with E-state index in [1.807, 2.05) is 14.0 Å². The second-order valence-electron chi connectivity index (χ2n) is 5.21. The summed E-state index contributed by atoms with van der Waals surface area (Å²) in [5.41, 5.74) is 5.50. The van der Waals surface area contributed by atoms with E-state index in [1.54, 1.807) is 4.90 Å². The van der Waals surface area contributed by atoms with Gasteiger partial charge in [-0.1, -0.05) is 37.9 Å². The SMILES string of the molecule is CC(CC(N)=S)N(C)C(=O)CCC1CCCC1. The zero-order valence-electron chi connectivity index (χ0n) is 10.9. The predicted octanol–water partition coefficient (Wildman–Crippen LogP) is 2.48. The second kappa shape index (κ2) is 6.94. The van der Waals surface area contributed by atoms with Crippen LogP contribution in [0.1, 0.15) is 51.9 Å². The van der Waals surface area contributed by atoms with E-state index < -0.39 is 0 Å². The average Bonchev–Trinajstić information content (AvgIpc) is 2.76. The Bertz CT molecular complexity index is 275. The third-order valence-corrected chi connectivity index (χ3v) is 3.96. The largest absolute Gasteiger partial charge is 0.393 e. The Hall–Kier alpha value is -0.640. The maximum Gasteiger partial charge on any atom is 0.222 e. The highest BCUT2D eigenvalue weighted by Gasteiger charge is 2.20. The number of carbonyl (C=O) groups is 1. The molecule has 1 saturated carbocycles. The number of nitrogens with zero attached hydrogens (tertiary/aromatic N) is 1. The molecule has 0 bridgehead atoms. The van der Waals surface area contributed by atoms with Crippen molar-refractivity contribution in [2.24, 2.45) is 11.7 Å². The van der Waals surface area contributed by atoms with Crippen LogP contribution in [0.25, 0.3) is 0 Å². The first-order valence-corrected chi connectivity index (χ1v) is 6.95. The molecule has 1 fully saturated rings. The molecule has 1 aliphatic carbocycles. The van der Waals surface area contributed by atoms with Crippen molar-refractivity contribution in [3.05, 3.63) is 0 Å². The van der Waals surface area contributed by atoms with Crippen molar-refractivity contribution >= 4 is 23.1 Å². The van der Waals surface area contributed by atoms with Crippen LogP contribution >= 0.6 is 12.2 Å². The normalized spacial score (nSPS) is 18.0. The molecule has 1 atom stereocenters. The fraction of sp³-hybridized carbons (Fsp3) is 0.846. The molecular weight excluding hydrogens is 232 g/mol. The summed E-state index contributed by atoms with van der Waals surface area (Å²) < 4.78 is 0. The molecule has 0 aromatic rings. The van der Waals surface area contributed by atoms with Crippen LogP contribution in [0.5, 0.6) is 0 Å². The first kappa shape index (κ1) is 14.4. The molecular formula is C13H24N2OS. The minimum Gasteiger partial charge on any atom is -0.393 e. The quantitative estimate of drug-likeness (QED) is 0.743. The number of amides is 1. The number of thiocarbonyl (C=S) groups is 1. The van der Waals surface area contributed by atoms with Gasteiger partial charge in [-0.2, -0.15) is 0 Å². The van der Waals surface area contributed by atoms with Gasteiger partial charge in [0, 0.05) is 25.9 Å². The Morgan fingerprint density at radius 2 is 2.06 bits per heavy atom. The van der Waals surface area contributed by atoms with Gasteiger partial charge < -0.3 is 10.6 Å². The maximum absolute atomic E-state index is 12.0. The van der Waals surface area contributed by atoms with E-state index >= 15 is 0 Å². The van der Waals surface area contributed by atoms with Crippen molar-refractivity contribution in [3.8, 4) is 0 Å². The lowest BCUT2D eigenvalue weighted by molar-refractivity contribution is -0.131. The van der Waals surface area contributed by atoms with Crippen LogP contribution in [0.2, 0.25) is 0 Å². The van der Waals surface area contributed by atoms with Crippen molar-refractivity contribution in [3.63, 3.8) is 0 Å². The summed E-state index contributed by atoms with van der Waals surface area (Å²) in [4.78, 5) is 14.2. The second-order valence-corrected chi connectivity index (χ2v) is 5.74. The van der Waals surface area contributed by atoms with Crippen LogP contribution in [0.15, 0.2) is 0 Å². The van der Waals surface area contributed by atoms with Gasteiger partial charge in [-0.05, 0) is 19.3 Å². The van der Waals surface area contributed by atoms with Gasteiger partial charge in [0.05, 0.1) is 4.99 Å². The zero-order valence-corrected chi connectivity index (χ0v) is 11.8. The van der Waals surface area contributed by atoms with Crippen molar-refractivity contribution in [2.45, 2.75) is 57.9 Å². The van der Waals surface area contributed by atoms with Crippen molar-refractivity contribution < 1.29 is 4.79 Å². The number of hydrogen-bond donors (Lipinski definition) is 1. The van der Waals surface area contributed by atoms with Crippen LogP contribution in [-0.2, 0) is 4.79 Å². The van der Waals surface area contributed by atoms with E-state index in [4.69, 9.17) is 18.0 Å². The van der Waals surface area contributed by atoms with Crippen LogP contribution in [0, 0.1) is 5.92 Å². The minimum atomic E-state index is 0.114. The molecule has 0 aliphatic heterocycles. The molecule has 17 heavy (non-hydrogen) atoms. The lowest BCUT2D eigenvalue weighted by Gasteiger charge is -2.25. The lowest BCUT2D eigenvalue weighted by Crippen LogP contribution is -2.37. The molecule has 4 heteroatoms.